The van der Waals surface area contributed by atoms with E-state index in [0.29, 0.717) is 16.4 Å². The highest BCUT2D eigenvalue weighted by Gasteiger charge is 2.09. The second-order valence-corrected chi connectivity index (χ2v) is 4.03. The number of halogens is 1. The molecule has 0 atom stereocenters. The Morgan fingerprint density at radius 2 is 2.50 bits per heavy atom. The van der Waals surface area contributed by atoms with Crippen molar-refractivity contribution < 1.29 is 4.79 Å². The minimum atomic E-state index is -0.0884. The summed E-state index contributed by atoms with van der Waals surface area (Å²) in [6.07, 6.45) is 4.83. The molecule has 1 aromatic rings. The van der Waals surface area contributed by atoms with E-state index in [4.69, 9.17) is 11.6 Å². The van der Waals surface area contributed by atoms with Crippen LogP contribution in [0.5, 0.6) is 0 Å². The van der Waals surface area contributed by atoms with Gasteiger partial charge in [-0.3, -0.25) is 4.79 Å². The average molecular weight is 230 g/mol. The molecule has 14 heavy (non-hydrogen) atoms. The number of allylic oxidation sites excluding steroid dienone is 1. The fourth-order valence-corrected chi connectivity index (χ4v) is 2.03. The molecule has 1 heterocycles. The number of carbonyl (C=O) groups excluding carboxylic acids is 1. The van der Waals surface area contributed by atoms with E-state index in [-0.39, 0.29) is 5.91 Å². The van der Waals surface area contributed by atoms with E-state index in [2.05, 4.69) is 5.32 Å². The third-order valence-electron chi connectivity index (χ3n) is 1.66. The summed E-state index contributed by atoms with van der Waals surface area (Å²) < 4.78 is 0. The number of nitrogens with one attached hydrogen (secondary N) is 1. The molecule has 0 aliphatic heterocycles. The second-order valence-electron chi connectivity index (χ2n) is 2.71. The molecule has 0 radical (unpaired) electrons. The quantitative estimate of drug-likeness (QED) is 0.624. The van der Waals surface area contributed by atoms with Gasteiger partial charge in [-0.25, -0.2) is 0 Å². The average Bonchev–Trinajstić information content (AvgIpc) is 2.59. The maximum Gasteiger partial charge on any atom is 0.262 e. The van der Waals surface area contributed by atoms with Crippen molar-refractivity contribution in [1.82, 2.24) is 5.32 Å². The Hall–Kier alpha value is -0.800. The number of thiophene rings is 1. The van der Waals surface area contributed by atoms with E-state index in [1.165, 1.54) is 11.3 Å². The lowest BCUT2D eigenvalue weighted by Gasteiger charge is -2.00. The van der Waals surface area contributed by atoms with Crippen LogP contribution in [0.1, 0.15) is 23.0 Å². The summed E-state index contributed by atoms with van der Waals surface area (Å²) in [7, 11) is 0. The monoisotopic (exact) mass is 229 g/mol. The molecule has 2 nitrogen and oxygen atoms in total. The summed E-state index contributed by atoms with van der Waals surface area (Å²) in [6, 6.07) is 1.73. The van der Waals surface area contributed by atoms with Crippen LogP contribution in [0.3, 0.4) is 0 Å². The van der Waals surface area contributed by atoms with Gasteiger partial charge in [0.2, 0.25) is 0 Å². The van der Waals surface area contributed by atoms with Gasteiger partial charge in [-0.2, -0.15) is 0 Å². The summed E-state index contributed by atoms with van der Waals surface area (Å²) in [5.41, 5.74) is 0. The molecular weight excluding hydrogens is 218 g/mol. The van der Waals surface area contributed by atoms with E-state index < -0.39 is 0 Å². The summed E-state index contributed by atoms with van der Waals surface area (Å²) in [4.78, 5) is 12.1. The van der Waals surface area contributed by atoms with Gasteiger partial charge >= 0.3 is 0 Å². The highest BCUT2D eigenvalue weighted by atomic mass is 35.5. The van der Waals surface area contributed by atoms with Crippen molar-refractivity contribution in [2.75, 3.05) is 6.54 Å². The van der Waals surface area contributed by atoms with E-state index >= 15 is 0 Å². The van der Waals surface area contributed by atoms with Crippen LogP contribution in [0.25, 0.3) is 0 Å². The van der Waals surface area contributed by atoms with Gasteiger partial charge in [0, 0.05) is 6.54 Å². The van der Waals surface area contributed by atoms with Gasteiger partial charge in [0.15, 0.2) is 0 Å². The summed E-state index contributed by atoms with van der Waals surface area (Å²) in [6.45, 7) is 2.61. The Bertz CT molecular complexity index is 333. The van der Waals surface area contributed by atoms with Crippen LogP contribution in [-0.2, 0) is 0 Å². The van der Waals surface area contributed by atoms with E-state index in [1.807, 2.05) is 24.5 Å². The number of carbonyl (C=O) groups is 1. The zero-order valence-corrected chi connectivity index (χ0v) is 9.49. The lowest BCUT2D eigenvalue weighted by molar-refractivity contribution is 0.0958. The number of amides is 1. The fraction of sp³-hybridized carbons (Fsp3) is 0.300. The molecule has 0 saturated heterocycles. The Kier molecular flexibility index (Phi) is 4.70. The maximum absolute atomic E-state index is 11.5. The smallest absolute Gasteiger partial charge is 0.262 e. The third-order valence-corrected chi connectivity index (χ3v) is 3.00. The van der Waals surface area contributed by atoms with Gasteiger partial charge in [0.05, 0.1) is 5.02 Å². The van der Waals surface area contributed by atoms with Gasteiger partial charge in [-0.1, -0.05) is 23.8 Å². The van der Waals surface area contributed by atoms with Crippen LogP contribution < -0.4 is 5.32 Å². The van der Waals surface area contributed by atoms with Crippen molar-refractivity contribution in [2.24, 2.45) is 0 Å². The summed E-state index contributed by atoms with van der Waals surface area (Å²) in [5.74, 6) is -0.0884. The first-order valence-corrected chi connectivity index (χ1v) is 5.64. The molecule has 0 spiro atoms. The molecule has 0 aliphatic rings. The SMILES string of the molecule is C/C=C/CCNC(=O)c1sccc1Cl. The molecule has 0 aromatic carbocycles. The van der Waals surface area contributed by atoms with Gasteiger partial charge < -0.3 is 5.32 Å². The molecule has 0 fully saturated rings. The number of hydrogen-bond donors (Lipinski definition) is 1. The molecule has 0 saturated carbocycles. The minimum Gasteiger partial charge on any atom is -0.351 e. The van der Waals surface area contributed by atoms with Crippen molar-refractivity contribution >= 4 is 28.8 Å². The van der Waals surface area contributed by atoms with Gasteiger partial charge in [0.25, 0.3) is 5.91 Å². The van der Waals surface area contributed by atoms with Crippen LogP contribution >= 0.6 is 22.9 Å². The van der Waals surface area contributed by atoms with Crippen molar-refractivity contribution in [1.29, 1.82) is 0 Å². The zero-order valence-electron chi connectivity index (χ0n) is 7.92. The van der Waals surface area contributed by atoms with Gasteiger partial charge in [-0.15, -0.1) is 11.3 Å². The lowest BCUT2D eigenvalue weighted by Crippen LogP contribution is -2.23. The molecule has 1 aromatic heterocycles. The van der Waals surface area contributed by atoms with E-state index in [1.54, 1.807) is 6.07 Å². The van der Waals surface area contributed by atoms with Crippen molar-refractivity contribution in [3.63, 3.8) is 0 Å². The Balaban J connectivity index is 2.40. The molecular formula is C10H12ClNOS. The highest BCUT2D eigenvalue weighted by molar-refractivity contribution is 7.12. The van der Waals surface area contributed by atoms with Crippen LogP contribution in [0, 0.1) is 0 Å². The summed E-state index contributed by atoms with van der Waals surface area (Å²) >= 11 is 7.17. The zero-order chi connectivity index (χ0) is 10.4. The largest absolute Gasteiger partial charge is 0.351 e. The minimum absolute atomic E-state index is 0.0884. The predicted molar refractivity (Wildman–Crippen MR) is 61.1 cm³/mol. The fourth-order valence-electron chi connectivity index (χ4n) is 0.972. The van der Waals surface area contributed by atoms with E-state index in [0.717, 1.165) is 6.42 Å². The Morgan fingerprint density at radius 3 is 3.07 bits per heavy atom. The first-order valence-electron chi connectivity index (χ1n) is 4.38. The number of rotatable bonds is 4. The summed E-state index contributed by atoms with van der Waals surface area (Å²) in [5, 5.41) is 5.13. The third kappa shape index (κ3) is 3.16. The standard InChI is InChI=1S/C10H12ClNOS/c1-2-3-4-6-12-10(13)9-8(11)5-7-14-9/h2-3,5,7H,4,6H2,1H3,(H,12,13)/b3-2+. The lowest BCUT2D eigenvalue weighted by atomic mass is 10.3. The molecule has 0 aliphatic carbocycles. The topological polar surface area (TPSA) is 29.1 Å². The molecule has 1 amide bonds. The van der Waals surface area contributed by atoms with Crippen molar-refractivity contribution in [3.05, 3.63) is 33.5 Å². The van der Waals surface area contributed by atoms with Crippen molar-refractivity contribution in [3.8, 4) is 0 Å². The van der Waals surface area contributed by atoms with Crippen LogP contribution in [0.2, 0.25) is 5.02 Å². The van der Waals surface area contributed by atoms with Crippen LogP contribution in [0.15, 0.2) is 23.6 Å². The van der Waals surface area contributed by atoms with Gasteiger partial charge in [0.1, 0.15) is 4.88 Å². The molecule has 0 bridgehead atoms. The normalized spacial score (nSPS) is 10.7. The number of hydrogen-bond acceptors (Lipinski definition) is 2. The molecule has 4 heteroatoms. The molecule has 1 N–H and O–H groups in total. The first-order chi connectivity index (χ1) is 6.75. The van der Waals surface area contributed by atoms with Crippen LogP contribution in [-0.4, -0.2) is 12.5 Å². The van der Waals surface area contributed by atoms with Crippen molar-refractivity contribution in [2.45, 2.75) is 13.3 Å². The predicted octanol–water partition coefficient (Wildman–Crippen LogP) is 3.10. The Morgan fingerprint density at radius 1 is 1.71 bits per heavy atom. The Labute approximate surface area is 92.6 Å². The molecule has 1 rings (SSSR count). The maximum atomic E-state index is 11.5. The highest BCUT2D eigenvalue weighted by Crippen LogP contribution is 2.21. The second kappa shape index (κ2) is 5.83. The van der Waals surface area contributed by atoms with Gasteiger partial charge in [-0.05, 0) is 24.8 Å². The molecule has 76 valence electrons. The first kappa shape index (κ1) is 11.3. The van der Waals surface area contributed by atoms with Crippen LogP contribution in [0.4, 0.5) is 0 Å². The molecule has 0 unspecified atom stereocenters. The van der Waals surface area contributed by atoms with E-state index in [9.17, 15) is 4.79 Å².